The molecule has 0 N–H and O–H groups in total. The molecule has 6 heteroatoms. The maximum Gasteiger partial charge on any atom is 0.262 e. The van der Waals surface area contributed by atoms with Gasteiger partial charge in [-0.2, -0.15) is 5.10 Å². The Kier molecular flexibility index (Phi) is 2.84. The Morgan fingerprint density at radius 2 is 1.95 bits per heavy atom. The fourth-order valence-electron chi connectivity index (χ4n) is 2.75. The van der Waals surface area contributed by atoms with Crippen molar-refractivity contribution in [2.45, 2.75) is 6.54 Å². The average molecular weight is 314 g/mol. The summed E-state index contributed by atoms with van der Waals surface area (Å²) in [6, 6.07) is 11.3. The number of halogens is 1. The van der Waals surface area contributed by atoms with Gasteiger partial charge in [-0.05, 0) is 29.8 Å². The van der Waals surface area contributed by atoms with Gasteiger partial charge < -0.3 is 9.30 Å². The maximum absolute atomic E-state index is 12.6. The number of pyridine rings is 1. The fraction of sp³-hybridized carbons (Fsp3) is 0.125. The molecule has 4 aromatic rings. The van der Waals surface area contributed by atoms with Crippen LogP contribution in [0.3, 0.4) is 0 Å². The van der Waals surface area contributed by atoms with E-state index in [0.29, 0.717) is 17.1 Å². The molecule has 110 valence electrons. The molecule has 22 heavy (non-hydrogen) atoms. The number of hydrogen-bond acceptors (Lipinski definition) is 3. The minimum absolute atomic E-state index is 0.0527. The molecule has 0 saturated carbocycles. The Morgan fingerprint density at radius 3 is 2.68 bits per heavy atom. The second-order valence-corrected chi connectivity index (χ2v) is 5.49. The molecule has 3 aromatic heterocycles. The first kappa shape index (κ1) is 13.2. The summed E-state index contributed by atoms with van der Waals surface area (Å²) < 4.78 is 8.49. The largest absolute Gasteiger partial charge is 0.497 e. The molecule has 1 aromatic carbocycles. The summed E-state index contributed by atoms with van der Waals surface area (Å²) in [5.74, 6) is 0.794. The van der Waals surface area contributed by atoms with Crippen LogP contribution in [-0.4, -0.2) is 21.3 Å². The topological polar surface area (TPSA) is 48.5 Å². The molecular weight excluding hydrogens is 302 g/mol. The first-order valence-electron chi connectivity index (χ1n) is 6.80. The van der Waals surface area contributed by atoms with Crippen molar-refractivity contribution in [2.24, 2.45) is 0 Å². The van der Waals surface area contributed by atoms with E-state index in [0.717, 1.165) is 22.3 Å². The van der Waals surface area contributed by atoms with E-state index in [4.69, 9.17) is 16.3 Å². The van der Waals surface area contributed by atoms with Gasteiger partial charge in [0, 0.05) is 0 Å². The third-order valence-corrected chi connectivity index (χ3v) is 4.15. The van der Waals surface area contributed by atoms with Crippen molar-refractivity contribution in [3.05, 3.63) is 63.7 Å². The Balaban J connectivity index is 1.87. The van der Waals surface area contributed by atoms with Crippen LogP contribution in [0.15, 0.2) is 47.4 Å². The predicted octanol–water partition coefficient (Wildman–Crippen LogP) is 2.80. The Hall–Kier alpha value is -2.53. The second-order valence-electron chi connectivity index (χ2n) is 5.10. The zero-order valence-corrected chi connectivity index (χ0v) is 12.5. The van der Waals surface area contributed by atoms with Gasteiger partial charge in [0.15, 0.2) is 0 Å². The van der Waals surface area contributed by atoms with Gasteiger partial charge in [-0.3, -0.25) is 4.79 Å². The molecule has 0 amide bonds. The summed E-state index contributed by atoms with van der Waals surface area (Å²) in [5.41, 5.74) is 2.58. The van der Waals surface area contributed by atoms with Crippen molar-refractivity contribution in [1.29, 1.82) is 0 Å². The number of ether oxygens (including phenoxy) is 1. The summed E-state index contributed by atoms with van der Waals surface area (Å²) in [6.45, 7) is 0.495. The van der Waals surface area contributed by atoms with Crippen molar-refractivity contribution < 1.29 is 4.74 Å². The van der Waals surface area contributed by atoms with Crippen LogP contribution in [0.1, 0.15) is 5.56 Å². The van der Waals surface area contributed by atoms with Gasteiger partial charge in [0.2, 0.25) is 0 Å². The van der Waals surface area contributed by atoms with E-state index < -0.39 is 0 Å². The third-order valence-electron chi connectivity index (χ3n) is 3.86. The van der Waals surface area contributed by atoms with Crippen LogP contribution in [-0.2, 0) is 6.54 Å². The normalized spacial score (nSPS) is 11.5. The van der Waals surface area contributed by atoms with Crippen LogP contribution < -0.4 is 10.3 Å². The minimum Gasteiger partial charge on any atom is -0.497 e. The summed E-state index contributed by atoms with van der Waals surface area (Å²) in [6.07, 6.45) is 1.57. The lowest BCUT2D eigenvalue weighted by molar-refractivity contribution is 0.414. The number of aromatic nitrogens is 3. The van der Waals surface area contributed by atoms with Crippen LogP contribution in [0.25, 0.3) is 16.4 Å². The Bertz CT molecular complexity index is 1020. The highest BCUT2D eigenvalue weighted by Crippen LogP contribution is 2.24. The quantitative estimate of drug-likeness (QED) is 0.546. The molecule has 4 rings (SSSR count). The monoisotopic (exact) mass is 313 g/mol. The molecule has 0 unspecified atom stereocenters. The zero-order chi connectivity index (χ0) is 15.3. The van der Waals surface area contributed by atoms with Gasteiger partial charge in [-0.25, -0.2) is 4.52 Å². The lowest BCUT2D eigenvalue weighted by Crippen LogP contribution is -2.15. The standard InChI is InChI=1S/C16H12ClN3O2/c1-22-11-4-2-10(3-5-11)9-19-13-6-7-14(17)20-15(13)12(8-18-20)16(19)21/h2-8H,9H2,1H3. The van der Waals surface area contributed by atoms with E-state index >= 15 is 0 Å². The molecular formula is C16H12ClN3O2. The van der Waals surface area contributed by atoms with E-state index in [1.54, 1.807) is 28.5 Å². The van der Waals surface area contributed by atoms with Gasteiger partial charge >= 0.3 is 0 Å². The number of benzene rings is 1. The van der Waals surface area contributed by atoms with Crippen LogP contribution in [0, 0.1) is 0 Å². The molecule has 0 fully saturated rings. The molecule has 5 nitrogen and oxygen atoms in total. The molecule has 0 aliphatic heterocycles. The molecule has 0 bridgehead atoms. The van der Waals surface area contributed by atoms with Crippen molar-refractivity contribution in [2.75, 3.05) is 7.11 Å². The van der Waals surface area contributed by atoms with Gasteiger partial charge in [-0.1, -0.05) is 23.7 Å². The third kappa shape index (κ3) is 1.79. The summed E-state index contributed by atoms with van der Waals surface area (Å²) in [5, 5.41) is 5.24. The van der Waals surface area contributed by atoms with Gasteiger partial charge in [0.1, 0.15) is 16.4 Å². The fourth-order valence-corrected chi connectivity index (χ4v) is 2.94. The Labute approximate surface area is 130 Å². The van der Waals surface area contributed by atoms with E-state index in [1.165, 1.54) is 0 Å². The minimum atomic E-state index is -0.0527. The number of hydrogen-bond donors (Lipinski definition) is 0. The van der Waals surface area contributed by atoms with Crippen molar-refractivity contribution in [3.8, 4) is 5.75 Å². The first-order chi connectivity index (χ1) is 10.7. The van der Waals surface area contributed by atoms with E-state index in [1.807, 2.05) is 30.3 Å². The highest BCUT2D eigenvalue weighted by atomic mass is 35.5. The molecule has 0 saturated heterocycles. The number of methoxy groups -OCH3 is 1. The zero-order valence-electron chi connectivity index (χ0n) is 11.8. The summed E-state index contributed by atoms with van der Waals surface area (Å²) in [7, 11) is 1.63. The second kappa shape index (κ2) is 4.74. The van der Waals surface area contributed by atoms with Gasteiger partial charge in [0.05, 0.1) is 30.8 Å². The summed E-state index contributed by atoms with van der Waals surface area (Å²) in [4.78, 5) is 12.6. The predicted molar refractivity (Wildman–Crippen MR) is 85.3 cm³/mol. The number of nitrogens with zero attached hydrogens (tertiary/aromatic N) is 3. The van der Waals surface area contributed by atoms with Crippen LogP contribution in [0.5, 0.6) is 5.75 Å². The van der Waals surface area contributed by atoms with Crippen molar-refractivity contribution in [3.63, 3.8) is 0 Å². The smallest absolute Gasteiger partial charge is 0.262 e. The van der Waals surface area contributed by atoms with Gasteiger partial charge in [0.25, 0.3) is 5.56 Å². The molecule has 3 heterocycles. The van der Waals surface area contributed by atoms with Crippen molar-refractivity contribution >= 4 is 28.0 Å². The SMILES string of the molecule is COc1ccc(Cn2c(=O)c3cnn4c(Cl)ccc2c34)cc1. The van der Waals surface area contributed by atoms with E-state index in [-0.39, 0.29) is 5.56 Å². The number of rotatable bonds is 3. The Morgan fingerprint density at radius 1 is 1.18 bits per heavy atom. The lowest BCUT2D eigenvalue weighted by Gasteiger charge is -2.06. The molecule has 0 radical (unpaired) electrons. The van der Waals surface area contributed by atoms with Crippen LogP contribution in [0.4, 0.5) is 0 Å². The van der Waals surface area contributed by atoms with E-state index in [9.17, 15) is 4.79 Å². The van der Waals surface area contributed by atoms with Gasteiger partial charge in [-0.15, -0.1) is 0 Å². The molecule has 0 atom stereocenters. The molecule has 0 aliphatic rings. The lowest BCUT2D eigenvalue weighted by atomic mass is 10.2. The van der Waals surface area contributed by atoms with E-state index in [2.05, 4.69) is 5.10 Å². The van der Waals surface area contributed by atoms with Crippen molar-refractivity contribution in [1.82, 2.24) is 14.2 Å². The van der Waals surface area contributed by atoms with Crippen LogP contribution >= 0.6 is 11.6 Å². The maximum atomic E-state index is 12.6. The highest BCUT2D eigenvalue weighted by molar-refractivity contribution is 6.30. The molecule has 0 spiro atoms. The highest BCUT2D eigenvalue weighted by Gasteiger charge is 2.17. The first-order valence-corrected chi connectivity index (χ1v) is 7.18. The average Bonchev–Trinajstić information content (AvgIpc) is 3.09. The van der Waals surface area contributed by atoms with Crippen LogP contribution in [0.2, 0.25) is 5.15 Å². The summed E-state index contributed by atoms with van der Waals surface area (Å²) >= 11 is 6.12. The molecule has 0 aliphatic carbocycles.